The van der Waals surface area contributed by atoms with Gasteiger partial charge in [0.1, 0.15) is 0 Å². The highest BCUT2D eigenvalue weighted by molar-refractivity contribution is 8.00. The van der Waals surface area contributed by atoms with E-state index >= 15 is 0 Å². The van der Waals surface area contributed by atoms with Crippen LogP contribution in [0.15, 0.2) is 29.2 Å². The lowest BCUT2D eigenvalue weighted by atomic mass is 9.86. The van der Waals surface area contributed by atoms with E-state index in [1.54, 1.807) is 0 Å². The number of amides is 2. The number of hydrogen-bond acceptors (Lipinski definition) is 3. The Morgan fingerprint density at radius 2 is 1.91 bits per heavy atom. The van der Waals surface area contributed by atoms with Crippen molar-refractivity contribution in [1.82, 2.24) is 0 Å². The first kappa shape index (κ1) is 17.9. The average Bonchev–Trinajstić information content (AvgIpc) is 2.55. The molecule has 0 saturated heterocycles. The fourth-order valence-corrected chi connectivity index (χ4v) is 3.83. The van der Waals surface area contributed by atoms with Crippen molar-refractivity contribution in [2.24, 2.45) is 11.7 Å². The molecule has 126 valence electrons. The fourth-order valence-electron chi connectivity index (χ4n) is 3.08. The van der Waals surface area contributed by atoms with Gasteiger partial charge in [-0.1, -0.05) is 44.2 Å². The molecular weight excluding hydrogens is 308 g/mol. The van der Waals surface area contributed by atoms with Gasteiger partial charge in [-0.2, -0.15) is 0 Å². The van der Waals surface area contributed by atoms with Crippen LogP contribution < -0.4 is 11.1 Å². The third kappa shape index (κ3) is 6.65. The monoisotopic (exact) mass is 334 g/mol. The van der Waals surface area contributed by atoms with Gasteiger partial charge in [-0.15, -0.1) is 11.8 Å². The van der Waals surface area contributed by atoms with E-state index in [1.165, 1.54) is 43.9 Å². The minimum atomic E-state index is -0.358. The molecule has 2 amide bonds. The van der Waals surface area contributed by atoms with E-state index in [-0.39, 0.29) is 17.6 Å². The first-order chi connectivity index (χ1) is 11.1. The molecule has 0 radical (unpaired) electrons. The molecule has 0 spiro atoms. The van der Waals surface area contributed by atoms with Gasteiger partial charge in [-0.05, 0) is 30.9 Å². The second-order valence-electron chi connectivity index (χ2n) is 6.20. The maximum absolute atomic E-state index is 12.1. The van der Waals surface area contributed by atoms with Crippen molar-refractivity contribution in [2.45, 2.75) is 56.3 Å². The van der Waals surface area contributed by atoms with Crippen LogP contribution in [0.5, 0.6) is 0 Å². The summed E-state index contributed by atoms with van der Waals surface area (Å²) < 4.78 is 0. The molecule has 0 aromatic heterocycles. The van der Waals surface area contributed by atoms with Crippen LogP contribution in [0.2, 0.25) is 0 Å². The van der Waals surface area contributed by atoms with Gasteiger partial charge in [0.2, 0.25) is 11.8 Å². The standard InChI is InChI=1S/C18H26N2O2S/c19-17(21)13-23-16-11-5-4-10-15(16)20-18(22)12-6-9-14-7-2-1-3-8-14/h4-5,10-11,14H,1-3,6-9,12-13H2,(H2,19,21)(H,20,22). The van der Waals surface area contributed by atoms with Gasteiger partial charge in [-0.25, -0.2) is 0 Å². The largest absolute Gasteiger partial charge is 0.369 e. The van der Waals surface area contributed by atoms with Crippen molar-refractivity contribution in [3.63, 3.8) is 0 Å². The van der Waals surface area contributed by atoms with E-state index in [1.807, 2.05) is 24.3 Å². The van der Waals surface area contributed by atoms with Gasteiger partial charge in [0.05, 0.1) is 11.4 Å². The number of para-hydroxylation sites is 1. The first-order valence-electron chi connectivity index (χ1n) is 8.45. The molecule has 2 rings (SSSR count). The summed E-state index contributed by atoms with van der Waals surface area (Å²) in [4.78, 5) is 23.9. The molecule has 1 aliphatic rings. The van der Waals surface area contributed by atoms with Crippen LogP contribution in [-0.4, -0.2) is 17.6 Å². The van der Waals surface area contributed by atoms with Crippen LogP contribution in [0.3, 0.4) is 0 Å². The van der Waals surface area contributed by atoms with Crippen molar-refractivity contribution < 1.29 is 9.59 Å². The molecule has 0 atom stereocenters. The zero-order valence-electron chi connectivity index (χ0n) is 13.6. The minimum Gasteiger partial charge on any atom is -0.369 e. The number of carbonyl (C=O) groups is 2. The summed E-state index contributed by atoms with van der Waals surface area (Å²) in [7, 11) is 0. The lowest BCUT2D eigenvalue weighted by Gasteiger charge is -2.21. The third-order valence-electron chi connectivity index (χ3n) is 4.27. The highest BCUT2D eigenvalue weighted by Gasteiger charge is 2.14. The van der Waals surface area contributed by atoms with Gasteiger partial charge in [0.15, 0.2) is 0 Å². The van der Waals surface area contributed by atoms with Gasteiger partial charge < -0.3 is 11.1 Å². The molecule has 23 heavy (non-hydrogen) atoms. The summed E-state index contributed by atoms with van der Waals surface area (Å²) in [5.74, 6) is 0.723. The normalized spacial score (nSPS) is 15.3. The maximum atomic E-state index is 12.1. The van der Waals surface area contributed by atoms with E-state index < -0.39 is 0 Å². The molecule has 1 saturated carbocycles. The van der Waals surface area contributed by atoms with E-state index in [9.17, 15) is 9.59 Å². The average molecular weight is 334 g/mol. The molecular formula is C18H26N2O2S. The second kappa shape index (κ2) is 9.60. The topological polar surface area (TPSA) is 72.2 Å². The van der Waals surface area contributed by atoms with Gasteiger partial charge in [0.25, 0.3) is 0 Å². The second-order valence-corrected chi connectivity index (χ2v) is 7.21. The number of rotatable bonds is 8. The van der Waals surface area contributed by atoms with Crippen molar-refractivity contribution in [2.75, 3.05) is 11.1 Å². The predicted molar refractivity (Wildman–Crippen MR) is 95.4 cm³/mol. The Bertz CT molecular complexity index is 528. The molecule has 3 N–H and O–H groups in total. The Morgan fingerprint density at radius 3 is 2.65 bits per heavy atom. The number of anilines is 1. The van der Waals surface area contributed by atoms with Crippen LogP contribution in [0, 0.1) is 5.92 Å². The number of carbonyl (C=O) groups excluding carboxylic acids is 2. The summed E-state index contributed by atoms with van der Waals surface area (Å²) in [5.41, 5.74) is 5.95. The Labute approximate surface area is 142 Å². The lowest BCUT2D eigenvalue weighted by Crippen LogP contribution is -2.15. The summed E-state index contributed by atoms with van der Waals surface area (Å²) in [6.45, 7) is 0. The van der Waals surface area contributed by atoms with Crippen LogP contribution in [-0.2, 0) is 9.59 Å². The number of benzene rings is 1. The van der Waals surface area contributed by atoms with Gasteiger partial charge >= 0.3 is 0 Å². The van der Waals surface area contributed by atoms with Gasteiger partial charge in [0, 0.05) is 11.3 Å². The van der Waals surface area contributed by atoms with Crippen LogP contribution in [0.1, 0.15) is 51.4 Å². The van der Waals surface area contributed by atoms with Crippen LogP contribution in [0.4, 0.5) is 5.69 Å². The molecule has 0 heterocycles. The number of primary amides is 1. The fraction of sp³-hybridized carbons (Fsp3) is 0.556. The predicted octanol–water partition coefficient (Wildman–Crippen LogP) is 3.95. The highest BCUT2D eigenvalue weighted by Crippen LogP contribution is 2.29. The van der Waals surface area contributed by atoms with Crippen molar-refractivity contribution in [3.8, 4) is 0 Å². The summed E-state index contributed by atoms with van der Waals surface area (Å²) in [6, 6.07) is 7.53. The van der Waals surface area contributed by atoms with Crippen molar-refractivity contribution >= 4 is 29.3 Å². The first-order valence-corrected chi connectivity index (χ1v) is 9.43. The smallest absolute Gasteiger partial charge is 0.227 e. The molecule has 0 aliphatic heterocycles. The maximum Gasteiger partial charge on any atom is 0.227 e. The minimum absolute atomic E-state index is 0.0490. The zero-order valence-corrected chi connectivity index (χ0v) is 14.4. The van der Waals surface area contributed by atoms with Crippen LogP contribution >= 0.6 is 11.8 Å². The van der Waals surface area contributed by atoms with E-state index in [0.29, 0.717) is 6.42 Å². The van der Waals surface area contributed by atoms with Crippen molar-refractivity contribution in [3.05, 3.63) is 24.3 Å². The molecule has 1 aromatic carbocycles. The molecule has 5 heteroatoms. The summed E-state index contributed by atoms with van der Waals surface area (Å²) >= 11 is 1.35. The van der Waals surface area contributed by atoms with Crippen LogP contribution in [0.25, 0.3) is 0 Å². The Balaban J connectivity index is 1.76. The summed E-state index contributed by atoms with van der Waals surface area (Å²) in [5, 5.41) is 2.96. The molecule has 0 bridgehead atoms. The summed E-state index contributed by atoms with van der Waals surface area (Å²) in [6.07, 6.45) is 9.39. The SMILES string of the molecule is NC(=O)CSc1ccccc1NC(=O)CCCC1CCCCC1. The molecule has 4 nitrogen and oxygen atoms in total. The number of thioether (sulfide) groups is 1. The molecule has 0 unspecified atom stereocenters. The van der Waals surface area contributed by atoms with E-state index in [2.05, 4.69) is 5.32 Å². The highest BCUT2D eigenvalue weighted by atomic mass is 32.2. The molecule has 1 aliphatic carbocycles. The Kier molecular flexibility index (Phi) is 7.46. The molecule has 1 aromatic rings. The molecule has 1 fully saturated rings. The number of hydrogen-bond donors (Lipinski definition) is 2. The Hall–Kier alpha value is -1.49. The van der Waals surface area contributed by atoms with Gasteiger partial charge in [-0.3, -0.25) is 9.59 Å². The lowest BCUT2D eigenvalue weighted by molar-refractivity contribution is -0.116. The Morgan fingerprint density at radius 1 is 1.17 bits per heavy atom. The third-order valence-corrected chi connectivity index (χ3v) is 5.37. The zero-order chi connectivity index (χ0) is 16.5. The quantitative estimate of drug-likeness (QED) is 0.707. The van der Waals surface area contributed by atoms with E-state index in [0.717, 1.165) is 29.3 Å². The number of nitrogens with one attached hydrogen (secondary N) is 1. The van der Waals surface area contributed by atoms with E-state index in [4.69, 9.17) is 5.73 Å². The van der Waals surface area contributed by atoms with Crippen molar-refractivity contribution in [1.29, 1.82) is 0 Å². The number of nitrogens with two attached hydrogens (primary N) is 1.